The second kappa shape index (κ2) is 2.82. The van der Waals surface area contributed by atoms with Crippen LogP contribution < -0.4 is 5.56 Å². The van der Waals surface area contributed by atoms with Crippen molar-refractivity contribution in [3.8, 4) is 11.3 Å². The van der Waals surface area contributed by atoms with Gasteiger partial charge in [-0.25, -0.2) is 0 Å². The maximum absolute atomic E-state index is 11.1. The Kier molecular flexibility index (Phi) is 1.66. The highest BCUT2D eigenvalue weighted by molar-refractivity contribution is 5.74. The highest BCUT2D eigenvalue weighted by atomic mass is 16.3. The van der Waals surface area contributed by atoms with Crippen LogP contribution in [0.1, 0.15) is 0 Å². The second-order valence-electron chi connectivity index (χ2n) is 2.63. The zero-order valence-corrected chi connectivity index (χ0v) is 6.65. The van der Waals surface area contributed by atoms with Crippen LogP contribution in [0.3, 0.4) is 0 Å². The van der Waals surface area contributed by atoms with Crippen LogP contribution in [-0.2, 0) is 0 Å². The van der Waals surface area contributed by atoms with E-state index in [1.54, 1.807) is 24.3 Å². The van der Waals surface area contributed by atoms with Crippen LogP contribution in [0.5, 0.6) is 0 Å². The summed E-state index contributed by atoms with van der Waals surface area (Å²) in [5.74, 6) is 0. The van der Waals surface area contributed by atoms with Crippen molar-refractivity contribution in [1.29, 1.82) is 0 Å². The van der Waals surface area contributed by atoms with Crippen molar-refractivity contribution in [2.45, 2.75) is 0 Å². The molecule has 0 unspecified atom stereocenters. The summed E-state index contributed by atoms with van der Waals surface area (Å²) >= 11 is 0. The molecule has 1 aliphatic carbocycles. The molecule has 0 aromatic rings. The minimum atomic E-state index is -0.434. The lowest BCUT2D eigenvalue weighted by Gasteiger charge is -1.87. The molecule has 13 heavy (non-hydrogen) atoms. The Balaban J connectivity index is 2.87. The van der Waals surface area contributed by atoms with Gasteiger partial charge in [0.15, 0.2) is 5.69 Å². The molecule has 0 bridgehead atoms. The summed E-state index contributed by atoms with van der Waals surface area (Å²) in [5, 5.41) is 2.69. The van der Waals surface area contributed by atoms with Crippen LogP contribution in [0.15, 0.2) is 40.3 Å². The van der Waals surface area contributed by atoms with E-state index in [1.807, 2.05) is 6.07 Å². The van der Waals surface area contributed by atoms with Gasteiger partial charge >= 0.3 is 0 Å². The largest absolute Gasteiger partial charge is 0.320 e. The summed E-state index contributed by atoms with van der Waals surface area (Å²) in [6, 6.07) is 8.76. The zero-order chi connectivity index (χ0) is 9.26. The Morgan fingerprint density at radius 1 is 1.15 bits per heavy atom. The number of H-pyrrole nitrogens is 1. The van der Waals surface area contributed by atoms with Crippen LogP contribution in [0, 0.1) is 4.91 Å². The summed E-state index contributed by atoms with van der Waals surface area (Å²) in [6.45, 7) is 0. The lowest BCUT2D eigenvalue weighted by atomic mass is 10.2. The van der Waals surface area contributed by atoms with Crippen LogP contribution in [-0.4, -0.2) is 4.98 Å². The molecule has 64 valence electrons. The van der Waals surface area contributed by atoms with Crippen molar-refractivity contribution < 1.29 is 0 Å². The van der Waals surface area contributed by atoms with Crippen molar-refractivity contribution in [2.75, 3.05) is 0 Å². The molecule has 0 saturated carbocycles. The van der Waals surface area contributed by atoms with Gasteiger partial charge in [-0.1, -0.05) is 24.3 Å². The minimum absolute atomic E-state index is 0.0498. The number of nitrogens with one attached hydrogen (secondary N) is 1. The summed E-state index contributed by atoms with van der Waals surface area (Å²) in [7, 11) is 0. The molecule has 1 aliphatic heterocycles. The molecular formula is C9H6N2O2. The van der Waals surface area contributed by atoms with E-state index in [0.717, 1.165) is 0 Å². The number of rotatable bonds is 1. The highest BCUT2D eigenvalue weighted by Gasteiger charge is 2.13. The van der Waals surface area contributed by atoms with Gasteiger partial charge in [-0.2, -0.15) is 0 Å². The van der Waals surface area contributed by atoms with Crippen molar-refractivity contribution >= 4 is 5.69 Å². The van der Waals surface area contributed by atoms with Crippen LogP contribution in [0.2, 0.25) is 0 Å². The summed E-state index contributed by atoms with van der Waals surface area (Å²) in [6.07, 6.45) is 0. The van der Waals surface area contributed by atoms with E-state index >= 15 is 0 Å². The third kappa shape index (κ3) is 1.12. The molecule has 0 atom stereocenters. The molecule has 0 aromatic heterocycles. The van der Waals surface area contributed by atoms with E-state index in [1.165, 1.54) is 0 Å². The average molecular weight is 174 g/mol. The number of nitrogens with zero attached hydrogens (tertiary/aromatic N) is 1. The summed E-state index contributed by atoms with van der Waals surface area (Å²) < 4.78 is 0. The molecule has 0 aromatic carbocycles. The van der Waals surface area contributed by atoms with Crippen LogP contribution in [0.4, 0.5) is 5.69 Å². The Hall–Kier alpha value is -1.97. The van der Waals surface area contributed by atoms with Gasteiger partial charge in [0.1, 0.15) is 0 Å². The molecule has 2 rings (SSSR count). The Morgan fingerprint density at radius 3 is 2.69 bits per heavy atom. The Labute approximate surface area is 73.5 Å². The van der Waals surface area contributed by atoms with Gasteiger partial charge in [-0.15, -0.1) is 4.91 Å². The predicted octanol–water partition coefficient (Wildman–Crippen LogP) is 1.88. The van der Waals surface area contributed by atoms with Gasteiger partial charge in [-0.3, -0.25) is 4.79 Å². The van der Waals surface area contributed by atoms with Crippen molar-refractivity contribution in [3.05, 3.63) is 45.6 Å². The molecule has 4 nitrogen and oxygen atoms in total. The SMILES string of the molecule is O=Nc1c2cccccc-2[nH]c1=O. The molecule has 1 heterocycles. The molecule has 0 amide bonds. The Morgan fingerprint density at radius 2 is 1.92 bits per heavy atom. The quantitative estimate of drug-likeness (QED) is 0.671. The number of nitroso groups, excluding NO2 is 1. The van der Waals surface area contributed by atoms with Gasteiger partial charge in [0.05, 0.1) is 5.69 Å². The maximum atomic E-state index is 11.1. The maximum Gasteiger partial charge on any atom is 0.278 e. The fraction of sp³-hybridized carbons (Fsp3) is 0. The highest BCUT2D eigenvalue weighted by Crippen LogP contribution is 2.26. The molecule has 1 N–H and O–H groups in total. The third-order valence-electron chi connectivity index (χ3n) is 1.85. The zero-order valence-electron chi connectivity index (χ0n) is 6.65. The number of aromatic amines is 1. The molecule has 2 aliphatic rings. The molecular weight excluding hydrogens is 168 g/mol. The summed E-state index contributed by atoms with van der Waals surface area (Å²) in [4.78, 5) is 24.0. The molecule has 0 radical (unpaired) electrons. The normalized spacial score (nSPS) is 10.2. The number of fused-ring (bicyclic) bond motifs is 1. The number of aromatic nitrogens is 1. The monoisotopic (exact) mass is 174 g/mol. The first kappa shape index (κ1) is 7.67. The van der Waals surface area contributed by atoms with E-state index in [9.17, 15) is 9.70 Å². The van der Waals surface area contributed by atoms with Crippen molar-refractivity contribution in [3.63, 3.8) is 0 Å². The van der Waals surface area contributed by atoms with E-state index in [0.29, 0.717) is 11.3 Å². The van der Waals surface area contributed by atoms with Gasteiger partial charge in [0, 0.05) is 5.56 Å². The smallest absolute Gasteiger partial charge is 0.278 e. The van der Waals surface area contributed by atoms with E-state index in [2.05, 4.69) is 10.2 Å². The number of hydrogen-bond donors (Lipinski definition) is 1. The molecule has 4 heteroatoms. The molecule has 0 fully saturated rings. The first-order valence-corrected chi connectivity index (χ1v) is 3.77. The van der Waals surface area contributed by atoms with E-state index < -0.39 is 5.56 Å². The van der Waals surface area contributed by atoms with Gasteiger partial charge < -0.3 is 4.98 Å². The fourth-order valence-electron chi connectivity index (χ4n) is 1.26. The minimum Gasteiger partial charge on any atom is -0.320 e. The van der Waals surface area contributed by atoms with Gasteiger partial charge in [-0.05, 0) is 11.2 Å². The number of hydrogen-bond acceptors (Lipinski definition) is 3. The Bertz CT molecular complexity index is 476. The van der Waals surface area contributed by atoms with Crippen LogP contribution >= 0.6 is 0 Å². The molecule has 0 spiro atoms. The molecule has 0 saturated heterocycles. The van der Waals surface area contributed by atoms with Crippen molar-refractivity contribution in [1.82, 2.24) is 4.98 Å². The lowest BCUT2D eigenvalue weighted by Crippen LogP contribution is -1.94. The third-order valence-corrected chi connectivity index (χ3v) is 1.85. The standard InChI is InChI=1S/C9H6N2O2/c12-9-8(11-13)6-4-2-1-3-5-7(6)10-9/h1-5H,(H,10,12). The fourth-order valence-corrected chi connectivity index (χ4v) is 1.26. The average Bonchev–Trinajstić information content (AvgIpc) is 2.32. The first-order valence-electron chi connectivity index (χ1n) is 3.77. The second-order valence-corrected chi connectivity index (χ2v) is 2.63. The van der Waals surface area contributed by atoms with E-state index in [4.69, 9.17) is 0 Å². The van der Waals surface area contributed by atoms with E-state index in [-0.39, 0.29) is 5.69 Å². The summed E-state index contributed by atoms with van der Waals surface area (Å²) in [5.41, 5.74) is 0.706. The first-order chi connectivity index (χ1) is 6.33. The van der Waals surface area contributed by atoms with Crippen LogP contribution in [0.25, 0.3) is 11.3 Å². The topological polar surface area (TPSA) is 62.3 Å². The van der Waals surface area contributed by atoms with Gasteiger partial charge in [0.25, 0.3) is 5.56 Å². The van der Waals surface area contributed by atoms with Crippen molar-refractivity contribution in [2.24, 2.45) is 5.18 Å². The predicted molar refractivity (Wildman–Crippen MR) is 49.1 cm³/mol. The lowest BCUT2D eigenvalue weighted by molar-refractivity contribution is 1.31. The van der Waals surface area contributed by atoms with Gasteiger partial charge in [0.2, 0.25) is 0 Å².